The van der Waals surface area contributed by atoms with Crippen molar-refractivity contribution in [1.82, 2.24) is 34.9 Å². The number of hydrogen-bond acceptors (Lipinski definition) is 13. The Morgan fingerprint density at radius 3 is 2.23 bits per heavy atom. The van der Waals surface area contributed by atoms with E-state index in [1.165, 1.54) is 0 Å². The van der Waals surface area contributed by atoms with Gasteiger partial charge in [0.1, 0.15) is 11.9 Å². The molecule has 4 N–H and O–H groups in total. The van der Waals surface area contributed by atoms with E-state index in [1.807, 2.05) is 30.1 Å². The molecule has 61 heavy (non-hydrogen) atoms. The van der Waals surface area contributed by atoms with E-state index in [9.17, 15) is 28.8 Å². The van der Waals surface area contributed by atoms with Gasteiger partial charge in [-0.05, 0) is 80.5 Å². The summed E-state index contributed by atoms with van der Waals surface area (Å²) in [5, 5.41) is 5.53. The second-order valence-electron chi connectivity index (χ2n) is 17.0. The Balaban J connectivity index is 0.754. The maximum atomic E-state index is 13.4. The van der Waals surface area contributed by atoms with E-state index in [-0.39, 0.29) is 30.6 Å². The monoisotopic (exact) mass is 832 g/mol. The van der Waals surface area contributed by atoms with E-state index >= 15 is 0 Å². The van der Waals surface area contributed by atoms with Crippen LogP contribution in [0, 0.1) is 5.92 Å². The molecule has 320 valence electrons. The maximum absolute atomic E-state index is 13.4. The lowest BCUT2D eigenvalue weighted by molar-refractivity contribution is -0.136. The molecule has 9 rings (SSSR count). The second kappa shape index (κ2) is 16.6. The van der Waals surface area contributed by atoms with Crippen molar-refractivity contribution in [2.75, 3.05) is 99.1 Å². The minimum Gasteiger partial charge on any atom is -0.371 e. The van der Waals surface area contributed by atoms with Gasteiger partial charge < -0.3 is 35.6 Å². The summed E-state index contributed by atoms with van der Waals surface area (Å²) in [6, 6.07) is 12.6. The van der Waals surface area contributed by atoms with Crippen molar-refractivity contribution in [1.29, 1.82) is 0 Å². The van der Waals surface area contributed by atoms with Crippen molar-refractivity contribution in [2.45, 2.75) is 50.6 Å². The first-order valence-corrected chi connectivity index (χ1v) is 21.4. The average Bonchev–Trinajstić information content (AvgIpc) is 3.73. The van der Waals surface area contributed by atoms with E-state index in [4.69, 9.17) is 10.7 Å². The standard InChI is InChI=1S/C43H52N12O6/c1-49-17-22-54(43(49)61)31-3-2-14-53(26-31)35-24-45-37(38(44)57)39(47-35)46-28-4-6-29(7-5-28)52-20-18-50(19-21-52)25-27-12-15-51(16-13-27)30-8-9-32-33(23-30)42(60)55(41(32)59)34-10-11-36(56)48-40(34)58/h4-9,23-24,27,31,34H,2-3,10-22,25-26H2,1H3,(H2,44,57)(H,46,47)(H,48,56,58)/t31-,34?/m1/s1. The minimum atomic E-state index is -0.975. The third kappa shape index (κ3) is 8.03. The molecular weight excluding hydrogens is 781 g/mol. The fourth-order valence-corrected chi connectivity index (χ4v) is 9.70. The van der Waals surface area contributed by atoms with Crippen molar-refractivity contribution in [2.24, 2.45) is 11.7 Å². The Hall–Kier alpha value is -6.30. The molecule has 7 amide bonds. The highest BCUT2D eigenvalue weighted by Crippen LogP contribution is 2.33. The van der Waals surface area contributed by atoms with Crippen molar-refractivity contribution in [3.63, 3.8) is 0 Å². The molecule has 0 radical (unpaired) electrons. The van der Waals surface area contributed by atoms with Gasteiger partial charge in [-0.15, -0.1) is 0 Å². The lowest BCUT2D eigenvalue weighted by Crippen LogP contribution is -2.54. The smallest absolute Gasteiger partial charge is 0.320 e. The van der Waals surface area contributed by atoms with E-state index in [2.05, 4.69) is 47.3 Å². The topological polar surface area (TPSA) is 201 Å². The highest BCUT2D eigenvalue weighted by molar-refractivity contribution is 6.23. The van der Waals surface area contributed by atoms with Crippen LogP contribution in [0.5, 0.6) is 0 Å². The lowest BCUT2D eigenvalue weighted by Gasteiger charge is -2.40. The van der Waals surface area contributed by atoms with Gasteiger partial charge in [0.2, 0.25) is 11.8 Å². The molecule has 6 aliphatic heterocycles. The third-order valence-corrected chi connectivity index (χ3v) is 13.2. The molecule has 3 aromatic rings. The summed E-state index contributed by atoms with van der Waals surface area (Å²) in [6.45, 7) is 9.29. The van der Waals surface area contributed by atoms with Crippen LogP contribution < -0.4 is 31.1 Å². The molecule has 0 bridgehead atoms. The summed E-state index contributed by atoms with van der Waals surface area (Å²) >= 11 is 0. The maximum Gasteiger partial charge on any atom is 0.320 e. The van der Waals surface area contributed by atoms with Crippen LogP contribution in [0.3, 0.4) is 0 Å². The van der Waals surface area contributed by atoms with Crippen LogP contribution in [0.4, 0.5) is 33.5 Å². The Bertz CT molecular complexity index is 2240. The first kappa shape index (κ1) is 40.1. The molecule has 5 fully saturated rings. The number of piperidine rings is 3. The van der Waals surface area contributed by atoms with Gasteiger partial charge in [0.25, 0.3) is 17.7 Å². The van der Waals surface area contributed by atoms with E-state index in [0.29, 0.717) is 41.8 Å². The van der Waals surface area contributed by atoms with Gasteiger partial charge in [-0.25, -0.2) is 14.8 Å². The fraction of sp³-hybridized carbons (Fsp3) is 0.488. The number of aromatic nitrogens is 2. The number of imide groups is 2. The molecule has 0 aliphatic carbocycles. The number of carbonyl (C=O) groups excluding carboxylic acids is 6. The van der Waals surface area contributed by atoms with Crippen molar-refractivity contribution in [3.05, 3.63) is 65.5 Å². The number of fused-ring (bicyclic) bond motifs is 1. The number of carbonyl (C=O) groups is 6. The zero-order chi connectivity index (χ0) is 42.4. The van der Waals surface area contributed by atoms with Gasteiger partial charge in [0.15, 0.2) is 11.5 Å². The summed E-state index contributed by atoms with van der Waals surface area (Å²) in [4.78, 5) is 98.9. The molecule has 7 heterocycles. The Morgan fingerprint density at radius 1 is 0.803 bits per heavy atom. The molecule has 18 heteroatoms. The number of nitrogens with zero attached hydrogens (tertiary/aromatic N) is 9. The number of rotatable bonds is 10. The minimum absolute atomic E-state index is 0.0586. The highest BCUT2D eigenvalue weighted by atomic mass is 16.2. The van der Waals surface area contributed by atoms with Gasteiger partial charge >= 0.3 is 6.03 Å². The Morgan fingerprint density at radius 2 is 1.52 bits per heavy atom. The van der Waals surface area contributed by atoms with Gasteiger partial charge in [0, 0.05) is 103 Å². The number of piperazine rings is 1. The third-order valence-electron chi connectivity index (χ3n) is 13.2. The van der Waals surface area contributed by atoms with Crippen LogP contribution in [0.15, 0.2) is 48.7 Å². The normalized spacial score (nSPS) is 22.9. The van der Waals surface area contributed by atoms with Crippen LogP contribution in [0.2, 0.25) is 0 Å². The van der Waals surface area contributed by atoms with E-state index in [1.54, 1.807) is 23.2 Å². The number of likely N-dealkylation sites (N-methyl/N-ethyl adjacent to an activating group) is 1. The van der Waals surface area contributed by atoms with E-state index in [0.717, 1.165) is 107 Å². The summed E-state index contributed by atoms with van der Waals surface area (Å²) in [6.07, 6.45) is 5.69. The molecule has 5 saturated heterocycles. The van der Waals surface area contributed by atoms with Crippen molar-refractivity contribution < 1.29 is 28.8 Å². The average molecular weight is 833 g/mol. The van der Waals surface area contributed by atoms with Gasteiger partial charge in [-0.2, -0.15) is 0 Å². The predicted molar refractivity (Wildman–Crippen MR) is 227 cm³/mol. The van der Waals surface area contributed by atoms with Crippen LogP contribution in [0.25, 0.3) is 0 Å². The summed E-state index contributed by atoms with van der Waals surface area (Å²) < 4.78 is 0. The van der Waals surface area contributed by atoms with Gasteiger partial charge in [-0.3, -0.25) is 39.1 Å². The molecular formula is C43H52N12O6. The molecule has 1 unspecified atom stereocenters. The van der Waals surface area contributed by atoms with Crippen LogP contribution >= 0.6 is 0 Å². The molecule has 0 spiro atoms. The first-order valence-electron chi connectivity index (χ1n) is 21.4. The number of urea groups is 1. The second-order valence-corrected chi connectivity index (χ2v) is 17.0. The summed E-state index contributed by atoms with van der Waals surface area (Å²) in [5.74, 6) is -1.16. The summed E-state index contributed by atoms with van der Waals surface area (Å²) in [5.41, 5.74) is 9.15. The van der Waals surface area contributed by atoms with Gasteiger partial charge in [-0.1, -0.05) is 0 Å². The van der Waals surface area contributed by atoms with Crippen molar-refractivity contribution in [3.8, 4) is 0 Å². The largest absolute Gasteiger partial charge is 0.371 e. The van der Waals surface area contributed by atoms with Crippen LogP contribution in [-0.4, -0.2) is 156 Å². The predicted octanol–water partition coefficient (Wildman–Crippen LogP) is 2.10. The van der Waals surface area contributed by atoms with Gasteiger partial charge in [0.05, 0.1) is 23.4 Å². The molecule has 1 aromatic heterocycles. The molecule has 2 atom stereocenters. The number of nitrogens with one attached hydrogen (secondary N) is 2. The first-order chi connectivity index (χ1) is 29.5. The van der Waals surface area contributed by atoms with Crippen molar-refractivity contribution >= 4 is 64.3 Å². The number of benzene rings is 2. The molecule has 2 aromatic carbocycles. The lowest BCUT2D eigenvalue weighted by atomic mass is 9.95. The number of anilines is 5. The number of hydrogen-bond donors (Lipinski definition) is 3. The highest BCUT2D eigenvalue weighted by Gasteiger charge is 2.45. The molecule has 18 nitrogen and oxygen atoms in total. The Labute approximate surface area is 354 Å². The SMILES string of the molecule is CN1CCN([C@@H]2CCCN(c3cnc(C(N)=O)c(Nc4ccc(N5CCN(CC6CCN(c7ccc8c(c7)C(=O)N(C7CCC(=O)NC7=O)C8=O)CC6)CC5)cc4)n3)C2)C1=O. The Kier molecular flexibility index (Phi) is 10.9. The fourth-order valence-electron chi connectivity index (χ4n) is 9.70. The van der Waals surface area contributed by atoms with Crippen LogP contribution in [0.1, 0.15) is 69.7 Å². The molecule has 6 aliphatic rings. The number of primary amides is 1. The summed E-state index contributed by atoms with van der Waals surface area (Å²) in [7, 11) is 1.83. The van der Waals surface area contributed by atoms with Crippen LogP contribution in [-0.2, 0) is 9.59 Å². The quantitative estimate of drug-likeness (QED) is 0.251. The molecule has 0 saturated carbocycles. The zero-order valence-electron chi connectivity index (χ0n) is 34.4. The van der Waals surface area contributed by atoms with E-state index < -0.39 is 35.6 Å². The number of amides is 7. The zero-order valence-corrected chi connectivity index (χ0v) is 34.4. The number of nitrogens with two attached hydrogens (primary N) is 1.